The number of aromatic nitrogens is 2. The molecule has 0 aliphatic heterocycles. The summed E-state index contributed by atoms with van der Waals surface area (Å²) in [6.45, 7) is 5.59. The topological polar surface area (TPSA) is 50.1 Å². The van der Waals surface area contributed by atoms with Crippen molar-refractivity contribution >= 4 is 0 Å². The molecule has 19 heavy (non-hydrogen) atoms. The van der Waals surface area contributed by atoms with Crippen molar-refractivity contribution in [2.75, 3.05) is 13.2 Å². The van der Waals surface area contributed by atoms with Crippen LogP contribution in [0.2, 0.25) is 0 Å². The molecule has 2 aromatic rings. The van der Waals surface area contributed by atoms with Crippen molar-refractivity contribution < 1.29 is 5.11 Å². The molecule has 2 rings (SSSR count). The van der Waals surface area contributed by atoms with E-state index in [9.17, 15) is 5.11 Å². The highest BCUT2D eigenvalue weighted by atomic mass is 16.3. The van der Waals surface area contributed by atoms with E-state index in [0.717, 1.165) is 17.7 Å². The highest BCUT2D eigenvalue weighted by molar-refractivity contribution is 5.61. The minimum atomic E-state index is -0.339. The molecule has 0 aliphatic rings. The van der Waals surface area contributed by atoms with Gasteiger partial charge in [0.1, 0.15) is 0 Å². The van der Waals surface area contributed by atoms with Crippen molar-refractivity contribution in [2.45, 2.75) is 25.9 Å². The zero-order valence-corrected chi connectivity index (χ0v) is 11.5. The summed E-state index contributed by atoms with van der Waals surface area (Å²) in [5.41, 5.74) is 1.91. The standard InChI is InChI=1S/C15H21N3O/c1-3-16-15(2,12-19)11-18-10-14(9-17-18)13-7-5-4-6-8-13/h4-10,16,19H,3,11-12H2,1-2H3. The van der Waals surface area contributed by atoms with Gasteiger partial charge in [-0.25, -0.2) is 0 Å². The first-order chi connectivity index (χ1) is 9.17. The summed E-state index contributed by atoms with van der Waals surface area (Å²) in [6, 6.07) is 10.2. The van der Waals surface area contributed by atoms with E-state index in [1.807, 2.05) is 49.1 Å². The number of nitrogens with one attached hydrogen (secondary N) is 1. The Labute approximate surface area is 114 Å². The highest BCUT2D eigenvalue weighted by Crippen LogP contribution is 2.18. The van der Waals surface area contributed by atoms with Crippen molar-refractivity contribution in [3.8, 4) is 11.1 Å². The van der Waals surface area contributed by atoms with Gasteiger partial charge in [0.2, 0.25) is 0 Å². The largest absolute Gasteiger partial charge is 0.394 e. The molecule has 1 unspecified atom stereocenters. The van der Waals surface area contributed by atoms with Gasteiger partial charge in [0, 0.05) is 11.8 Å². The Kier molecular flexibility index (Phi) is 4.35. The van der Waals surface area contributed by atoms with Gasteiger partial charge in [-0.3, -0.25) is 4.68 Å². The Morgan fingerprint density at radius 3 is 2.63 bits per heavy atom. The van der Waals surface area contributed by atoms with E-state index in [4.69, 9.17) is 0 Å². The lowest BCUT2D eigenvalue weighted by atomic mass is 10.0. The lowest BCUT2D eigenvalue weighted by Gasteiger charge is -2.28. The maximum absolute atomic E-state index is 9.50. The fraction of sp³-hybridized carbons (Fsp3) is 0.400. The molecule has 0 fully saturated rings. The van der Waals surface area contributed by atoms with Gasteiger partial charge in [0.25, 0.3) is 0 Å². The zero-order chi connectivity index (χ0) is 13.7. The van der Waals surface area contributed by atoms with Crippen molar-refractivity contribution in [3.05, 3.63) is 42.7 Å². The van der Waals surface area contributed by atoms with E-state index in [1.165, 1.54) is 0 Å². The quantitative estimate of drug-likeness (QED) is 0.833. The Morgan fingerprint density at radius 2 is 2.00 bits per heavy atom. The van der Waals surface area contributed by atoms with Gasteiger partial charge in [0.05, 0.1) is 24.9 Å². The minimum Gasteiger partial charge on any atom is -0.394 e. The van der Waals surface area contributed by atoms with E-state index in [2.05, 4.69) is 22.5 Å². The van der Waals surface area contributed by atoms with Crippen LogP contribution in [0.3, 0.4) is 0 Å². The number of aliphatic hydroxyl groups excluding tert-OH is 1. The number of aliphatic hydroxyl groups is 1. The molecule has 0 saturated heterocycles. The third-order valence-electron chi connectivity index (χ3n) is 3.20. The van der Waals surface area contributed by atoms with E-state index in [1.54, 1.807) is 0 Å². The average Bonchev–Trinajstić information content (AvgIpc) is 2.88. The molecular weight excluding hydrogens is 238 g/mol. The van der Waals surface area contributed by atoms with Crippen LogP contribution >= 0.6 is 0 Å². The maximum Gasteiger partial charge on any atom is 0.0628 e. The van der Waals surface area contributed by atoms with Gasteiger partial charge in [-0.15, -0.1) is 0 Å². The molecule has 2 N–H and O–H groups in total. The van der Waals surface area contributed by atoms with E-state index < -0.39 is 0 Å². The lowest BCUT2D eigenvalue weighted by molar-refractivity contribution is 0.155. The van der Waals surface area contributed by atoms with Gasteiger partial charge in [-0.1, -0.05) is 37.3 Å². The third-order valence-corrected chi connectivity index (χ3v) is 3.20. The first-order valence-corrected chi connectivity index (χ1v) is 6.60. The Morgan fingerprint density at radius 1 is 1.26 bits per heavy atom. The highest BCUT2D eigenvalue weighted by Gasteiger charge is 2.22. The second kappa shape index (κ2) is 5.99. The van der Waals surface area contributed by atoms with Crippen LogP contribution in [0, 0.1) is 0 Å². The molecule has 0 saturated carbocycles. The molecule has 0 bridgehead atoms. The van der Waals surface area contributed by atoms with Crippen molar-refractivity contribution in [1.82, 2.24) is 15.1 Å². The molecule has 0 amide bonds. The van der Waals surface area contributed by atoms with E-state index in [0.29, 0.717) is 6.54 Å². The molecule has 0 aliphatic carbocycles. The zero-order valence-electron chi connectivity index (χ0n) is 11.5. The summed E-state index contributed by atoms with van der Waals surface area (Å²) in [4.78, 5) is 0. The van der Waals surface area contributed by atoms with Crippen LogP contribution in [-0.2, 0) is 6.54 Å². The van der Waals surface area contributed by atoms with Gasteiger partial charge >= 0.3 is 0 Å². The van der Waals surface area contributed by atoms with E-state index >= 15 is 0 Å². The van der Waals surface area contributed by atoms with Crippen LogP contribution in [0.1, 0.15) is 13.8 Å². The molecule has 1 aromatic heterocycles. The summed E-state index contributed by atoms with van der Waals surface area (Å²) in [5, 5.41) is 17.2. The van der Waals surface area contributed by atoms with Gasteiger partial charge in [-0.05, 0) is 19.0 Å². The van der Waals surface area contributed by atoms with Crippen molar-refractivity contribution in [3.63, 3.8) is 0 Å². The molecule has 4 nitrogen and oxygen atoms in total. The number of benzene rings is 1. The number of likely N-dealkylation sites (N-methyl/N-ethyl adjacent to an activating group) is 1. The molecule has 1 atom stereocenters. The molecule has 0 radical (unpaired) electrons. The maximum atomic E-state index is 9.50. The SMILES string of the molecule is CCNC(C)(CO)Cn1cc(-c2ccccc2)cn1. The second-order valence-electron chi connectivity index (χ2n) is 5.04. The predicted molar refractivity (Wildman–Crippen MR) is 76.8 cm³/mol. The van der Waals surface area contributed by atoms with Crippen LogP contribution in [0.15, 0.2) is 42.7 Å². The predicted octanol–water partition coefficient (Wildman–Crippen LogP) is 1.91. The average molecular weight is 259 g/mol. The fourth-order valence-corrected chi connectivity index (χ4v) is 2.18. The van der Waals surface area contributed by atoms with Crippen LogP contribution in [0.4, 0.5) is 0 Å². The molecule has 0 spiro atoms. The van der Waals surface area contributed by atoms with Crippen LogP contribution < -0.4 is 5.32 Å². The Hall–Kier alpha value is -1.65. The van der Waals surface area contributed by atoms with E-state index in [-0.39, 0.29) is 12.1 Å². The monoisotopic (exact) mass is 259 g/mol. The number of hydrogen-bond donors (Lipinski definition) is 2. The molecule has 1 heterocycles. The molecule has 1 aromatic carbocycles. The van der Waals surface area contributed by atoms with Gasteiger partial charge in [0.15, 0.2) is 0 Å². The number of rotatable bonds is 6. The van der Waals surface area contributed by atoms with Crippen molar-refractivity contribution in [2.24, 2.45) is 0 Å². The van der Waals surface area contributed by atoms with Gasteiger partial charge < -0.3 is 10.4 Å². The lowest BCUT2D eigenvalue weighted by Crippen LogP contribution is -2.49. The van der Waals surface area contributed by atoms with Crippen LogP contribution in [0.25, 0.3) is 11.1 Å². The Balaban J connectivity index is 2.13. The summed E-state index contributed by atoms with van der Waals surface area (Å²) < 4.78 is 1.88. The van der Waals surface area contributed by atoms with Crippen molar-refractivity contribution in [1.29, 1.82) is 0 Å². The first-order valence-electron chi connectivity index (χ1n) is 6.60. The minimum absolute atomic E-state index is 0.0847. The molecule has 4 heteroatoms. The van der Waals surface area contributed by atoms with Crippen LogP contribution in [-0.4, -0.2) is 33.6 Å². The third kappa shape index (κ3) is 3.43. The fourth-order valence-electron chi connectivity index (χ4n) is 2.18. The summed E-state index contributed by atoms with van der Waals surface area (Å²) in [7, 11) is 0. The smallest absolute Gasteiger partial charge is 0.0628 e. The molecular formula is C15H21N3O. The summed E-state index contributed by atoms with van der Waals surface area (Å²) >= 11 is 0. The Bertz CT molecular complexity index is 509. The normalized spacial score (nSPS) is 14.3. The summed E-state index contributed by atoms with van der Waals surface area (Å²) in [6.07, 6.45) is 3.87. The number of nitrogens with zero attached hydrogens (tertiary/aromatic N) is 2. The summed E-state index contributed by atoms with van der Waals surface area (Å²) in [5.74, 6) is 0. The van der Waals surface area contributed by atoms with Gasteiger partial charge in [-0.2, -0.15) is 5.10 Å². The number of hydrogen-bond acceptors (Lipinski definition) is 3. The molecule has 102 valence electrons. The first kappa shape index (κ1) is 13.8. The van der Waals surface area contributed by atoms with Crippen LogP contribution in [0.5, 0.6) is 0 Å². The second-order valence-corrected chi connectivity index (χ2v) is 5.04.